The van der Waals surface area contributed by atoms with Gasteiger partial charge in [-0.2, -0.15) is 0 Å². The summed E-state index contributed by atoms with van der Waals surface area (Å²) < 4.78 is 25.3. The van der Waals surface area contributed by atoms with Crippen molar-refractivity contribution < 1.29 is 18.0 Å². The van der Waals surface area contributed by atoms with Crippen LogP contribution in [0.3, 0.4) is 0 Å². The van der Waals surface area contributed by atoms with E-state index in [0.717, 1.165) is 10.6 Å². The van der Waals surface area contributed by atoms with Crippen molar-refractivity contribution in [3.05, 3.63) is 70.7 Å². The first kappa shape index (κ1) is 22.7. The van der Waals surface area contributed by atoms with Crippen LogP contribution in [0.5, 0.6) is 0 Å². The topological polar surface area (TPSA) is 95.6 Å². The van der Waals surface area contributed by atoms with Gasteiger partial charge in [0.1, 0.15) is 6.54 Å². The third kappa shape index (κ3) is 6.49. The van der Waals surface area contributed by atoms with Gasteiger partial charge in [-0.25, -0.2) is 8.42 Å². The van der Waals surface area contributed by atoms with Crippen LogP contribution in [0.2, 0.25) is 10.0 Å². The zero-order valence-electron chi connectivity index (χ0n) is 15.5. The van der Waals surface area contributed by atoms with Gasteiger partial charge in [-0.05, 0) is 30.3 Å². The van der Waals surface area contributed by atoms with Crippen LogP contribution in [0.25, 0.3) is 0 Å². The smallest absolute Gasteiger partial charge is 0.253 e. The molecule has 29 heavy (non-hydrogen) atoms. The van der Waals surface area contributed by atoms with Crippen molar-refractivity contribution in [1.29, 1.82) is 0 Å². The zero-order chi connectivity index (χ0) is 21.6. The van der Waals surface area contributed by atoms with Crippen molar-refractivity contribution in [2.45, 2.75) is 0 Å². The molecule has 0 saturated heterocycles. The number of halogens is 2. The summed E-state index contributed by atoms with van der Waals surface area (Å²) in [6, 6.07) is 10.6. The van der Waals surface area contributed by atoms with Crippen molar-refractivity contribution in [1.82, 2.24) is 5.32 Å². The molecule has 0 spiro atoms. The Hall–Kier alpha value is -2.55. The van der Waals surface area contributed by atoms with Gasteiger partial charge in [0.2, 0.25) is 15.9 Å². The highest BCUT2D eigenvalue weighted by Gasteiger charge is 2.22. The van der Waals surface area contributed by atoms with E-state index in [9.17, 15) is 18.0 Å². The van der Waals surface area contributed by atoms with Crippen LogP contribution >= 0.6 is 23.2 Å². The number of hydrogen-bond donors (Lipinski definition) is 2. The number of anilines is 2. The number of sulfonamides is 1. The Labute approximate surface area is 179 Å². The molecule has 0 bridgehead atoms. The number of nitrogens with one attached hydrogen (secondary N) is 2. The molecule has 154 valence electrons. The molecule has 0 aliphatic rings. The molecule has 2 aromatic rings. The molecule has 2 amide bonds. The van der Waals surface area contributed by atoms with Crippen molar-refractivity contribution in [3.8, 4) is 0 Å². The van der Waals surface area contributed by atoms with Crippen molar-refractivity contribution in [2.75, 3.05) is 29.0 Å². The minimum absolute atomic E-state index is 0.150. The van der Waals surface area contributed by atoms with Gasteiger partial charge in [0.05, 0.1) is 23.2 Å². The molecular weight excluding hydrogens is 437 g/mol. The molecule has 7 nitrogen and oxygen atoms in total. The highest BCUT2D eigenvalue weighted by Crippen LogP contribution is 2.27. The molecule has 0 aliphatic heterocycles. The number of rotatable bonds is 8. The highest BCUT2D eigenvalue weighted by atomic mass is 35.5. The second-order valence-corrected chi connectivity index (χ2v) is 8.77. The molecular formula is C19H19Cl2N3O4S. The van der Waals surface area contributed by atoms with E-state index in [1.807, 2.05) is 0 Å². The second-order valence-electron chi connectivity index (χ2n) is 5.99. The largest absolute Gasteiger partial charge is 0.349 e. The summed E-state index contributed by atoms with van der Waals surface area (Å²) in [5.74, 6) is -1.04. The maximum atomic E-state index is 12.6. The van der Waals surface area contributed by atoms with Gasteiger partial charge in [0.15, 0.2) is 0 Å². The predicted octanol–water partition coefficient (Wildman–Crippen LogP) is 3.31. The summed E-state index contributed by atoms with van der Waals surface area (Å²) in [4.78, 5) is 24.8. The Morgan fingerprint density at radius 1 is 1.14 bits per heavy atom. The molecule has 0 atom stereocenters. The number of para-hydroxylation sites is 1. The molecule has 0 unspecified atom stereocenters. The van der Waals surface area contributed by atoms with E-state index in [2.05, 4.69) is 17.2 Å². The maximum Gasteiger partial charge on any atom is 0.253 e. The second kappa shape index (κ2) is 9.78. The fourth-order valence-corrected chi connectivity index (χ4v) is 3.81. The van der Waals surface area contributed by atoms with Crippen LogP contribution < -0.4 is 14.9 Å². The molecule has 0 saturated carbocycles. The number of benzene rings is 2. The fraction of sp³-hybridized carbons (Fsp3) is 0.158. The van der Waals surface area contributed by atoms with E-state index < -0.39 is 28.4 Å². The SMILES string of the molecule is C=CCNC(=O)c1ccccc1NC(=O)CN(c1cc(Cl)cc(Cl)c1)S(C)(=O)=O. The first-order chi connectivity index (χ1) is 13.6. The van der Waals surface area contributed by atoms with Gasteiger partial charge >= 0.3 is 0 Å². The third-order valence-corrected chi connectivity index (χ3v) is 5.25. The van der Waals surface area contributed by atoms with Gasteiger partial charge in [-0.15, -0.1) is 6.58 Å². The Bertz CT molecular complexity index is 1020. The van der Waals surface area contributed by atoms with E-state index in [1.165, 1.54) is 24.3 Å². The van der Waals surface area contributed by atoms with Crippen LogP contribution in [0.4, 0.5) is 11.4 Å². The van der Waals surface area contributed by atoms with Crippen LogP contribution in [0.15, 0.2) is 55.1 Å². The quantitative estimate of drug-likeness (QED) is 0.596. The van der Waals surface area contributed by atoms with E-state index in [-0.39, 0.29) is 33.5 Å². The van der Waals surface area contributed by atoms with Gasteiger partial charge in [-0.1, -0.05) is 41.4 Å². The Kier molecular flexibility index (Phi) is 7.66. The summed E-state index contributed by atoms with van der Waals surface area (Å²) >= 11 is 11.9. The normalized spacial score (nSPS) is 10.9. The van der Waals surface area contributed by atoms with Crippen LogP contribution in [-0.4, -0.2) is 39.6 Å². The van der Waals surface area contributed by atoms with E-state index in [4.69, 9.17) is 23.2 Å². The average Bonchev–Trinajstić information content (AvgIpc) is 2.63. The first-order valence-electron chi connectivity index (χ1n) is 8.33. The monoisotopic (exact) mass is 455 g/mol. The summed E-state index contributed by atoms with van der Waals surface area (Å²) in [6.07, 6.45) is 2.49. The number of amides is 2. The Morgan fingerprint density at radius 2 is 1.76 bits per heavy atom. The van der Waals surface area contributed by atoms with Crippen molar-refractivity contribution >= 4 is 56.4 Å². The molecule has 10 heteroatoms. The lowest BCUT2D eigenvalue weighted by molar-refractivity contribution is -0.114. The number of nitrogens with zero attached hydrogens (tertiary/aromatic N) is 1. The highest BCUT2D eigenvalue weighted by molar-refractivity contribution is 7.92. The number of carbonyl (C=O) groups excluding carboxylic acids is 2. The minimum Gasteiger partial charge on any atom is -0.349 e. The molecule has 2 rings (SSSR count). The summed E-state index contributed by atoms with van der Waals surface area (Å²) in [6.45, 7) is 3.26. The Morgan fingerprint density at radius 3 is 2.34 bits per heavy atom. The molecule has 2 N–H and O–H groups in total. The molecule has 0 radical (unpaired) electrons. The zero-order valence-corrected chi connectivity index (χ0v) is 17.8. The van der Waals surface area contributed by atoms with Gasteiger partial charge in [0.25, 0.3) is 5.91 Å². The lowest BCUT2D eigenvalue weighted by Gasteiger charge is -2.22. The van der Waals surface area contributed by atoms with Crippen LogP contribution in [0, 0.1) is 0 Å². The Balaban J connectivity index is 2.26. The molecule has 0 heterocycles. The third-order valence-electron chi connectivity index (χ3n) is 3.68. The van der Waals surface area contributed by atoms with Gasteiger partial charge < -0.3 is 10.6 Å². The molecule has 0 fully saturated rings. The van der Waals surface area contributed by atoms with E-state index in [1.54, 1.807) is 24.3 Å². The van der Waals surface area contributed by atoms with Crippen molar-refractivity contribution in [2.24, 2.45) is 0 Å². The fourth-order valence-electron chi connectivity index (χ4n) is 2.45. The average molecular weight is 456 g/mol. The molecule has 0 aliphatic carbocycles. The number of hydrogen-bond acceptors (Lipinski definition) is 4. The molecule has 2 aromatic carbocycles. The van der Waals surface area contributed by atoms with E-state index >= 15 is 0 Å². The minimum atomic E-state index is -3.81. The number of carbonyl (C=O) groups is 2. The summed E-state index contributed by atoms with van der Waals surface area (Å²) in [5, 5.41) is 5.65. The predicted molar refractivity (Wildman–Crippen MR) is 116 cm³/mol. The van der Waals surface area contributed by atoms with Crippen LogP contribution in [0.1, 0.15) is 10.4 Å². The lowest BCUT2D eigenvalue weighted by atomic mass is 10.1. The molecule has 0 aromatic heterocycles. The van der Waals surface area contributed by atoms with Crippen molar-refractivity contribution in [3.63, 3.8) is 0 Å². The standard InChI is InChI=1S/C19H19Cl2N3O4S/c1-3-8-22-19(26)16-6-4-5-7-17(16)23-18(25)12-24(29(2,27)28)15-10-13(20)9-14(21)11-15/h3-7,9-11H,1,8,12H2,2H3,(H,22,26)(H,23,25). The maximum absolute atomic E-state index is 12.6. The van der Waals surface area contributed by atoms with E-state index in [0.29, 0.717) is 0 Å². The summed E-state index contributed by atoms with van der Waals surface area (Å²) in [5.41, 5.74) is 0.633. The van der Waals surface area contributed by atoms with Gasteiger partial charge in [0, 0.05) is 16.6 Å². The lowest BCUT2D eigenvalue weighted by Crippen LogP contribution is -2.37. The summed E-state index contributed by atoms with van der Waals surface area (Å²) in [7, 11) is -3.81. The van der Waals surface area contributed by atoms with Gasteiger partial charge in [-0.3, -0.25) is 13.9 Å². The van der Waals surface area contributed by atoms with Crippen LogP contribution in [-0.2, 0) is 14.8 Å². The first-order valence-corrected chi connectivity index (χ1v) is 10.9.